The van der Waals surface area contributed by atoms with Gasteiger partial charge in [-0.3, -0.25) is 0 Å². The summed E-state index contributed by atoms with van der Waals surface area (Å²) in [6, 6.07) is 0.551. The Labute approximate surface area is 95.7 Å². The number of rotatable bonds is 7. The lowest BCUT2D eigenvalue weighted by molar-refractivity contribution is -0.00720. The minimum absolute atomic E-state index is 0.500. The summed E-state index contributed by atoms with van der Waals surface area (Å²) in [5, 5.41) is 10.2. The number of nitrogens with zero attached hydrogens (tertiary/aromatic N) is 1. The molecule has 0 rings (SSSR count). The fourth-order valence-corrected chi connectivity index (χ4v) is 1.96. The van der Waals surface area contributed by atoms with E-state index in [2.05, 4.69) is 46.6 Å². The molecule has 0 radical (unpaired) electrons. The summed E-state index contributed by atoms with van der Waals surface area (Å²) in [6.45, 7) is 11.6. The Morgan fingerprint density at radius 2 is 1.60 bits per heavy atom. The highest BCUT2D eigenvalue weighted by Gasteiger charge is 2.25. The van der Waals surface area contributed by atoms with Gasteiger partial charge in [-0.15, -0.1) is 0 Å². The van der Waals surface area contributed by atoms with Crippen molar-refractivity contribution in [2.24, 2.45) is 5.92 Å². The molecule has 0 aliphatic heterocycles. The molecule has 0 aliphatic carbocycles. The van der Waals surface area contributed by atoms with Crippen LogP contribution in [0.4, 0.5) is 0 Å². The average molecular weight is 215 g/mol. The van der Waals surface area contributed by atoms with Crippen LogP contribution in [-0.2, 0) is 0 Å². The lowest BCUT2D eigenvalue weighted by atomic mass is 9.95. The average Bonchev–Trinajstić information content (AvgIpc) is 2.16. The molecule has 0 heterocycles. The lowest BCUT2D eigenvalue weighted by Crippen LogP contribution is -2.44. The van der Waals surface area contributed by atoms with Crippen molar-refractivity contribution in [3.8, 4) is 0 Å². The highest BCUT2D eigenvalue weighted by atomic mass is 16.3. The molecule has 0 aromatic carbocycles. The normalized spacial score (nSPS) is 15.0. The van der Waals surface area contributed by atoms with Crippen molar-refractivity contribution in [2.75, 3.05) is 13.6 Å². The minimum Gasteiger partial charge on any atom is -0.389 e. The summed E-state index contributed by atoms with van der Waals surface area (Å²) in [5.41, 5.74) is -0.500. The van der Waals surface area contributed by atoms with Crippen molar-refractivity contribution in [3.05, 3.63) is 0 Å². The second kappa shape index (κ2) is 6.49. The summed E-state index contributed by atoms with van der Waals surface area (Å²) in [4.78, 5) is 2.28. The zero-order valence-corrected chi connectivity index (χ0v) is 11.4. The molecule has 0 spiro atoms. The van der Waals surface area contributed by atoms with Crippen LogP contribution in [0.5, 0.6) is 0 Å². The van der Waals surface area contributed by atoms with Gasteiger partial charge in [0.15, 0.2) is 0 Å². The smallest absolute Gasteiger partial charge is 0.0768 e. The quantitative estimate of drug-likeness (QED) is 0.706. The van der Waals surface area contributed by atoms with Crippen LogP contribution >= 0.6 is 0 Å². The maximum Gasteiger partial charge on any atom is 0.0768 e. The molecule has 0 saturated heterocycles. The molecule has 1 unspecified atom stereocenters. The van der Waals surface area contributed by atoms with Gasteiger partial charge in [0, 0.05) is 12.6 Å². The topological polar surface area (TPSA) is 23.5 Å². The van der Waals surface area contributed by atoms with Crippen molar-refractivity contribution >= 4 is 0 Å². The molecule has 1 atom stereocenters. The maximum absolute atomic E-state index is 10.2. The van der Waals surface area contributed by atoms with E-state index in [0.29, 0.717) is 6.04 Å². The molecule has 2 nitrogen and oxygen atoms in total. The van der Waals surface area contributed by atoms with Gasteiger partial charge < -0.3 is 10.0 Å². The Bertz CT molecular complexity index is 164. The van der Waals surface area contributed by atoms with Gasteiger partial charge in [-0.25, -0.2) is 0 Å². The number of hydrogen-bond donors (Lipinski definition) is 1. The van der Waals surface area contributed by atoms with E-state index in [0.717, 1.165) is 25.3 Å². The van der Waals surface area contributed by atoms with Gasteiger partial charge in [0.1, 0.15) is 0 Å². The second-order valence-electron chi connectivity index (χ2n) is 5.33. The van der Waals surface area contributed by atoms with E-state index in [1.807, 2.05) is 0 Å². The van der Waals surface area contributed by atoms with Gasteiger partial charge in [-0.05, 0) is 39.2 Å². The van der Waals surface area contributed by atoms with Crippen LogP contribution in [0.3, 0.4) is 0 Å². The zero-order chi connectivity index (χ0) is 12.1. The molecule has 0 aromatic rings. The molecule has 1 N–H and O–H groups in total. The third-order valence-corrected chi connectivity index (χ3v) is 3.42. The van der Waals surface area contributed by atoms with Crippen LogP contribution in [-0.4, -0.2) is 35.2 Å². The Morgan fingerprint density at radius 3 is 1.93 bits per heavy atom. The summed E-state index contributed by atoms with van der Waals surface area (Å²) in [6.07, 6.45) is 2.87. The molecule has 15 heavy (non-hydrogen) atoms. The molecule has 0 amide bonds. The van der Waals surface area contributed by atoms with Crippen LogP contribution in [0.15, 0.2) is 0 Å². The third-order valence-electron chi connectivity index (χ3n) is 3.42. The number of hydrogen-bond acceptors (Lipinski definition) is 2. The van der Waals surface area contributed by atoms with Crippen molar-refractivity contribution < 1.29 is 5.11 Å². The van der Waals surface area contributed by atoms with Gasteiger partial charge in [0.25, 0.3) is 0 Å². The van der Waals surface area contributed by atoms with Crippen molar-refractivity contribution in [1.82, 2.24) is 4.90 Å². The Morgan fingerprint density at radius 1 is 1.13 bits per heavy atom. The highest BCUT2D eigenvalue weighted by Crippen LogP contribution is 2.18. The summed E-state index contributed by atoms with van der Waals surface area (Å²) >= 11 is 0. The Kier molecular flexibility index (Phi) is 6.46. The van der Waals surface area contributed by atoms with Crippen LogP contribution in [0, 0.1) is 5.92 Å². The SMILES string of the molecule is CCC(O)(CC)CN(C)C(C)CC(C)C. The monoisotopic (exact) mass is 215 g/mol. The van der Waals surface area contributed by atoms with Crippen LogP contribution in [0.25, 0.3) is 0 Å². The summed E-state index contributed by atoms with van der Waals surface area (Å²) in [7, 11) is 2.11. The Balaban J connectivity index is 4.15. The summed E-state index contributed by atoms with van der Waals surface area (Å²) < 4.78 is 0. The first-order chi connectivity index (χ1) is 6.84. The van der Waals surface area contributed by atoms with E-state index in [1.165, 1.54) is 6.42 Å². The molecular weight excluding hydrogens is 186 g/mol. The van der Waals surface area contributed by atoms with Crippen LogP contribution < -0.4 is 0 Å². The van der Waals surface area contributed by atoms with E-state index in [-0.39, 0.29) is 0 Å². The standard InChI is InChI=1S/C13H29NO/c1-7-13(15,8-2)10-14(6)12(5)9-11(3)4/h11-12,15H,7-10H2,1-6H3. The zero-order valence-electron chi connectivity index (χ0n) is 11.4. The van der Waals surface area contributed by atoms with Gasteiger partial charge in [-0.1, -0.05) is 27.7 Å². The molecule has 0 saturated carbocycles. The maximum atomic E-state index is 10.2. The first-order valence-electron chi connectivity index (χ1n) is 6.27. The van der Waals surface area contributed by atoms with E-state index < -0.39 is 5.60 Å². The summed E-state index contributed by atoms with van der Waals surface area (Å²) in [5.74, 6) is 0.721. The van der Waals surface area contributed by atoms with Gasteiger partial charge in [0.2, 0.25) is 0 Å². The molecule has 0 bridgehead atoms. The molecular formula is C13H29NO. The molecule has 92 valence electrons. The minimum atomic E-state index is -0.500. The molecule has 0 aromatic heterocycles. The molecule has 2 heteroatoms. The van der Waals surface area contributed by atoms with E-state index in [1.54, 1.807) is 0 Å². The van der Waals surface area contributed by atoms with Gasteiger partial charge in [0.05, 0.1) is 5.60 Å². The predicted molar refractivity (Wildman–Crippen MR) is 67.1 cm³/mol. The van der Waals surface area contributed by atoms with Gasteiger partial charge in [-0.2, -0.15) is 0 Å². The van der Waals surface area contributed by atoms with Crippen molar-refractivity contribution in [3.63, 3.8) is 0 Å². The fraction of sp³-hybridized carbons (Fsp3) is 1.00. The Hall–Kier alpha value is -0.0800. The predicted octanol–water partition coefficient (Wildman–Crippen LogP) is 2.90. The largest absolute Gasteiger partial charge is 0.389 e. The lowest BCUT2D eigenvalue weighted by Gasteiger charge is -2.34. The van der Waals surface area contributed by atoms with Crippen molar-refractivity contribution in [1.29, 1.82) is 0 Å². The second-order valence-corrected chi connectivity index (χ2v) is 5.33. The van der Waals surface area contributed by atoms with Crippen LogP contribution in [0.1, 0.15) is 53.9 Å². The van der Waals surface area contributed by atoms with Gasteiger partial charge >= 0.3 is 0 Å². The first-order valence-corrected chi connectivity index (χ1v) is 6.27. The van der Waals surface area contributed by atoms with Crippen LogP contribution in [0.2, 0.25) is 0 Å². The van der Waals surface area contributed by atoms with Crippen molar-refractivity contribution in [2.45, 2.75) is 65.5 Å². The third kappa shape index (κ3) is 5.53. The van der Waals surface area contributed by atoms with E-state index in [9.17, 15) is 5.11 Å². The highest BCUT2D eigenvalue weighted by molar-refractivity contribution is 4.80. The van der Waals surface area contributed by atoms with E-state index >= 15 is 0 Å². The molecule has 0 fully saturated rings. The fourth-order valence-electron chi connectivity index (χ4n) is 1.96. The molecule has 0 aliphatic rings. The first kappa shape index (κ1) is 14.9. The number of likely N-dealkylation sites (N-methyl/N-ethyl adjacent to an activating group) is 1. The number of aliphatic hydroxyl groups is 1. The van der Waals surface area contributed by atoms with E-state index in [4.69, 9.17) is 0 Å².